The molecule has 15 heavy (non-hydrogen) atoms. The highest BCUT2D eigenvalue weighted by atomic mass is 127. The van der Waals surface area contributed by atoms with E-state index < -0.39 is 12.0 Å². The minimum atomic E-state index is -0.961. The van der Waals surface area contributed by atoms with Gasteiger partial charge in [-0.25, -0.2) is 3.53 Å². The Morgan fingerprint density at radius 1 is 1.40 bits per heavy atom. The molecule has 0 radical (unpaired) electrons. The number of nitrogens with one attached hydrogen (secondary N) is 1. The van der Waals surface area contributed by atoms with E-state index in [4.69, 9.17) is 10.2 Å². The summed E-state index contributed by atoms with van der Waals surface area (Å²) >= 11 is 1.76. The maximum Gasteiger partial charge on any atom is 0.321 e. The number of aliphatic carboxylic acids is 1. The molecule has 0 spiro atoms. The van der Waals surface area contributed by atoms with Gasteiger partial charge in [-0.05, 0) is 24.1 Å². The summed E-state index contributed by atoms with van der Waals surface area (Å²) in [5, 5.41) is 27.0. The fourth-order valence-corrected chi connectivity index (χ4v) is 1.59. The third kappa shape index (κ3) is 3.24. The van der Waals surface area contributed by atoms with E-state index in [0.717, 1.165) is 0 Å². The van der Waals surface area contributed by atoms with Crippen molar-refractivity contribution in [1.29, 1.82) is 0 Å². The molecule has 4 N–H and O–H groups in total. The van der Waals surface area contributed by atoms with Crippen molar-refractivity contribution in [2.75, 3.05) is 0 Å². The molecule has 0 aromatic heterocycles. The third-order valence-corrected chi connectivity index (χ3v) is 2.66. The first-order valence-electron chi connectivity index (χ1n) is 4.14. The molecule has 1 rings (SSSR count). The summed E-state index contributed by atoms with van der Waals surface area (Å²) in [6.45, 7) is 0. The molecule has 5 nitrogen and oxygen atoms in total. The average Bonchev–Trinajstić information content (AvgIpc) is 2.19. The van der Waals surface area contributed by atoms with Gasteiger partial charge in [0.25, 0.3) is 0 Å². The molecule has 0 heterocycles. The molecule has 1 unspecified atom stereocenters. The van der Waals surface area contributed by atoms with Crippen LogP contribution in [-0.4, -0.2) is 27.3 Å². The van der Waals surface area contributed by atoms with Gasteiger partial charge in [0.1, 0.15) is 6.04 Å². The van der Waals surface area contributed by atoms with Gasteiger partial charge in [0, 0.05) is 22.9 Å². The zero-order chi connectivity index (χ0) is 11.4. The first-order chi connectivity index (χ1) is 7.04. The van der Waals surface area contributed by atoms with Crippen molar-refractivity contribution in [3.63, 3.8) is 0 Å². The Kier molecular flexibility index (Phi) is 4.15. The van der Waals surface area contributed by atoms with E-state index in [-0.39, 0.29) is 17.9 Å². The summed E-state index contributed by atoms with van der Waals surface area (Å²) in [7, 11) is 0. The second-order valence-corrected chi connectivity index (χ2v) is 3.65. The predicted octanol–water partition coefficient (Wildman–Crippen LogP) is 1.03. The molecular formula is C9H10INO4. The topological polar surface area (TPSA) is 89.8 Å². The maximum absolute atomic E-state index is 10.7. The van der Waals surface area contributed by atoms with E-state index >= 15 is 0 Å². The number of carbonyl (C=O) groups is 1. The summed E-state index contributed by atoms with van der Waals surface area (Å²) in [4.78, 5) is 10.7. The van der Waals surface area contributed by atoms with Crippen molar-refractivity contribution in [2.45, 2.75) is 12.5 Å². The van der Waals surface area contributed by atoms with Crippen molar-refractivity contribution in [3.05, 3.63) is 23.8 Å². The number of rotatable bonds is 4. The van der Waals surface area contributed by atoms with E-state index in [0.29, 0.717) is 5.56 Å². The van der Waals surface area contributed by atoms with Gasteiger partial charge in [0.2, 0.25) is 0 Å². The second-order valence-electron chi connectivity index (χ2n) is 3.03. The van der Waals surface area contributed by atoms with Crippen molar-refractivity contribution < 1.29 is 20.1 Å². The van der Waals surface area contributed by atoms with Crippen LogP contribution in [0.5, 0.6) is 11.5 Å². The first-order valence-corrected chi connectivity index (χ1v) is 5.22. The Labute approximate surface area is 100 Å². The summed E-state index contributed by atoms with van der Waals surface area (Å²) < 4.78 is 2.61. The van der Waals surface area contributed by atoms with Gasteiger partial charge in [-0.3, -0.25) is 4.79 Å². The fraction of sp³-hybridized carbons (Fsp3) is 0.222. The highest BCUT2D eigenvalue weighted by Gasteiger charge is 2.16. The van der Waals surface area contributed by atoms with Crippen LogP contribution < -0.4 is 3.53 Å². The number of carboxylic acid groups (broad SMARTS) is 1. The molecule has 0 aliphatic rings. The Morgan fingerprint density at radius 2 is 2.07 bits per heavy atom. The van der Waals surface area contributed by atoms with E-state index in [1.807, 2.05) is 0 Å². The normalized spacial score (nSPS) is 12.3. The maximum atomic E-state index is 10.7. The standard InChI is InChI=1S/C9H10INO4/c10-11-6(9(14)15)3-5-1-2-7(12)8(13)4-5/h1-2,4,6,11-13H,3H2,(H,14,15). The van der Waals surface area contributed by atoms with E-state index in [2.05, 4.69) is 3.53 Å². The van der Waals surface area contributed by atoms with Crippen LogP contribution in [0.15, 0.2) is 18.2 Å². The molecule has 0 bridgehead atoms. The van der Waals surface area contributed by atoms with Crippen LogP contribution in [0.25, 0.3) is 0 Å². The summed E-state index contributed by atoms with van der Waals surface area (Å²) in [5.41, 5.74) is 0.641. The summed E-state index contributed by atoms with van der Waals surface area (Å²) in [5.74, 6) is -1.42. The van der Waals surface area contributed by atoms with Gasteiger partial charge in [-0.2, -0.15) is 0 Å². The average molecular weight is 323 g/mol. The Balaban J connectivity index is 2.80. The van der Waals surface area contributed by atoms with E-state index in [1.165, 1.54) is 12.1 Å². The highest BCUT2D eigenvalue weighted by molar-refractivity contribution is 14.1. The zero-order valence-corrected chi connectivity index (χ0v) is 9.80. The summed E-state index contributed by atoms with van der Waals surface area (Å²) in [6.07, 6.45) is 0.242. The van der Waals surface area contributed by atoms with Crippen LogP contribution in [0, 0.1) is 0 Å². The van der Waals surface area contributed by atoms with Crippen molar-refractivity contribution in [1.82, 2.24) is 3.53 Å². The largest absolute Gasteiger partial charge is 0.504 e. The lowest BCUT2D eigenvalue weighted by Gasteiger charge is -2.10. The SMILES string of the molecule is O=C(O)C(Cc1ccc(O)c(O)c1)NI. The molecule has 0 amide bonds. The molecule has 0 aliphatic heterocycles. The molecule has 1 aromatic carbocycles. The lowest BCUT2D eigenvalue weighted by atomic mass is 10.1. The number of hydrogen-bond acceptors (Lipinski definition) is 4. The molecule has 82 valence electrons. The molecule has 0 fully saturated rings. The van der Waals surface area contributed by atoms with E-state index in [9.17, 15) is 9.90 Å². The number of benzene rings is 1. The molecule has 0 saturated carbocycles. The van der Waals surface area contributed by atoms with Crippen molar-refractivity contribution >= 4 is 28.8 Å². The smallest absolute Gasteiger partial charge is 0.321 e. The van der Waals surface area contributed by atoms with Crippen molar-refractivity contribution in [2.24, 2.45) is 0 Å². The van der Waals surface area contributed by atoms with Gasteiger partial charge in [-0.15, -0.1) is 0 Å². The van der Waals surface area contributed by atoms with Crippen LogP contribution in [0.4, 0.5) is 0 Å². The molecule has 0 aliphatic carbocycles. The van der Waals surface area contributed by atoms with Crippen LogP contribution in [0.3, 0.4) is 0 Å². The third-order valence-electron chi connectivity index (χ3n) is 1.91. The van der Waals surface area contributed by atoms with Crippen LogP contribution in [0.2, 0.25) is 0 Å². The molecule has 6 heteroatoms. The molecule has 1 atom stereocenters. The predicted molar refractivity (Wildman–Crippen MR) is 62.1 cm³/mol. The minimum Gasteiger partial charge on any atom is -0.504 e. The molecular weight excluding hydrogens is 313 g/mol. The quantitative estimate of drug-likeness (QED) is 0.378. The lowest BCUT2D eigenvalue weighted by molar-refractivity contribution is -0.138. The number of phenolic OH excluding ortho intramolecular Hbond substituents is 2. The zero-order valence-electron chi connectivity index (χ0n) is 7.64. The molecule has 1 aromatic rings. The lowest BCUT2D eigenvalue weighted by Crippen LogP contribution is -2.32. The number of carboxylic acids is 1. The Morgan fingerprint density at radius 3 is 2.53 bits per heavy atom. The number of halogens is 1. The first kappa shape index (κ1) is 12.1. The van der Waals surface area contributed by atoms with Gasteiger partial charge < -0.3 is 15.3 Å². The molecule has 0 saturated heterocycles. The van der Waals surface area contributed by atoms with Crippen LogP contribution >= 0.6 is 22.9 Å². The summed E-state index contributed by atoms with van der Waals surface area (Å²) in [6, 6.07) is 3.53. The van der Waals surface area contributed by atoms with Gasteiger partial charge in [0.05, 0.1) is 0 Å². The monoisotopic (exact) mass is 323 g/mol. The second kappa shape index (κ2) is 5.17. The van der Waals surface area contributed by atoms with Gasteiger partial charge in [-0.1, -0.05) is 6.07 Å². The van der Waals surface area contributed by atoms with E-state index in [1.54, 1.807) is 28.9 Å². The number of aromatic hydroxyl groups is 2. The van der Waals surface area contributed by atoms with Crippen LogP contribution in [-0.2, 0) is 11.2 Å². The van der Waals surface area contributed by atoms with Crippen LogP contribution in [0.1, 0.15) is 5.56 Å². The highest BCUT2D eigenvalue weighted by Crippen LogP contribution is 2.25. The van der Waals surface area contributed by atoms with Gasteiger partial charge >= 0.3 is 5.97 Å². The number of hydrogen-bond donors (Lipinski definition) is 4. The number of phenols is 2. The fourth-order valence-electron chi connectivity index (χ4n) is 1.10. The van der Waals surface area contributed by atoms with Gasteiger partial charge in [0.15, 0.2) is 11.5 Å². The Hall–Kier alpha value is -1.02. The minimum absolute atomic E-state index is 0.215. The Bertz CT molecular complexity index is 369. The van der Waals surface area contributed by atoms with Crippen molar-refractivity contribution in [3.8, 4) is 11.5 Å².